The zero-order valence-electron chi connectivity index (χ0n) is 15.0. The van der Waals surface area contributed by atoms with Crippen LogP contribution < -0.4 is 0 Å². The predicted molar refractivity (Wildman–Crippen MR) is 94.4 cm³/mol. The van der Waals surface area contributed by atoms with E-state index in [1.54, 1.807) is 11.1 Å². The Bertz CT molecular complexity index is 748. The minimum atomic E-state index is -0.525. The molecule has 0 unspecified atom stereocenters. The lowest BCUT2D eigenvalue weighted by molar-refractivity contribution is 0.0217. The number of ether oxygens (including phenoxy) is 1. The summed E-state index contributed by atoms with van der Waals surface area (Å²) in [6, 6.07) is 7.53. The summed E-state index contributed by atoms with van der Waals surface area (Å²) in [5.41, 5.74) is 1.18. The Hall–Kier alpha value is -2.34. The summed E-state index contributed by atoms with van der Waals surface area (Å²) >= 11 is 0. The topological polar surface area (TPSA) is 67.6 Å². The van der Waals surface area contributed by atoms with E-state index >= 15 is 0 Å². The molecular formula is C19H25N3O3. The highest BCUT2D eigenvalue weighted by atomic mass is 16.6. The first kappa shape index (κ1) is 17.5. The van der Waals surface area contributed by atoms with E-state index in [0.717, 1.165) is 29.9 Å². The first-order valence-corrected chi connectivity index (χ1v) is 8.63. The van der Waals surface area contributed by atoms with Gasteiger partial charge >= 0.3 is 6.09 Å². The Morgan fingerprint density at radius 3 is 2.84 bits per heavy atom. The predicted octanol–water partition coefficient (Wildman–Crippen LogP) is 3.44. The zero-order chi connectivity index (χ0) is 18.0. The van der Waals surface area contributed by atoms with Crippen molar-refractivity contribution in [2.75, 3.05) is 6.54 Å². The van der Waals surface area contributed by atoms with Crippen molar-refractivity contribution >= 4 is 6.09 Å². The third-order valence-corrected chi connectivity index (χ3v) is 4.27. The highest BCUT2D eigenvalue weighted by Crippen LogP contribution is 2.33. The molecule has 1 aliphatic rings. The fraction of sp³-hybridized carbons (Fsp3) is 0.474. The summed E-state index contributed by atoms with van der Waals surface area (Å²) < 4.78 is 7.51. The van der Waals surface area contributed by atoms with Gasteiger partial charge in [-0.3, -0.25) is 4.90 Å². The SMILES string of the molecule is CC(C)(C)OC(=O)N1CCC[C@H]1c1nccn1-c1ccccc1CO. The second-order valence-corrected chi connectivity index (χ2v) is 7.27. The average molecular weight is 343 g/mol. The third kappa shape index (κ3) is 3.69. The van der Waals surface area contributed by atoms with E-state index in [2.05, 4.69) is 4.98 Å². The molecule has 25 heavy (non-hydrogen) atoms. The largest absolute Gasteiger partial charge is 0.444 e. The van der Waals surface area contributed by atoms with Crippen molar-refractivity contribution in [1.29, 1.82) is 0 Å². The van der Waals surface area contributed by atoms with E-state index in [0.29, 0.717) is 6.54 Å². The summed E-state index contributed by atoms with van der Waals surface area (Å²) in [6.07, 6.45) is 5.06. The van der Waals surface area contributed by atoms with Gasteiger partial charge in [-0.1, -0.05) is 18.2 Å². The average Bonchev–Trinajstić information content (AvgIpc) is 3.21. The molecule has 2 aromatic rings. The maximum Gasteiger partial charge on any atom is 0.410 e. The van der Waals surface area contributed by atoms with Crippen LogP contribution in [0.4, 0.5) is 4.79 Å². The summed E-state index contributed by atoms with van der Waals surface area (Å²) in [5, 5.41) is 9.62. The molecule has 1 saturated heterocycles. The normalized spacial score (nSPS) is 17.8. The van der Waals surface area contributed by atoms with Crippen LogP contribution in [0.3, 0.4) is 0 Å². The smallest absolute Gasteiger partial charge is 0.410 e. The summed E-state index contributed by atoms with van der Waals surface area (Å²) in [4.78, 5) is 18.8. The van der Waals surface area contributed by atoms with Crippen molar-refractivity contribution in [3.05, 3.63) is 48.0 Å². The van der Waals surface area contributed by atoms with Gasteiger partial charge in [0.05, 0.1) is 18.3 Å². The molecule has 6 heteroatoms. The van der Waals surface area contributed by atoms with Crippen molar-refractivity contribution in [2.45, 2.75) is 51.9 Å². The molecule has 1 aromatic heterocycles. The molecule has 1 atom stereocenters. The summed E-state index contributed by atoms with van der Waals surface area (Å²) in [7, 11) is 0. The van der Waals surface area contributed by atoms with Crippen LogP contribution in [-0.2, 0) is 11.3 Å². The van der Waals surface area contributed by atoms with Crippen molar-refractivity contribution in [3.63, 3.8) is 0 Å². The number of aliphatic hydroxyl groups excluding tert-OH is 1. The molecular weight excluding hydrogens is 318 g/mol. The first-order valence-electron chi connectivity index (χ1n) is 8.63. The molecule has 134 valence electrons. The van der Waals surface area contributed by atoms with Crippen LogP contribution in [0.1, 0.15) is 51.0 Å². The number of carbonyl (C=O) groups excluding carboxylic acids is 1. The number of benzene rings is 1. The van der Waals surface area contributed by atoms with E-state index in [-0.39, 0.29) is 18.7 Å². The number of para-hydroxylation sites is 1. The summed E-state index contributed by atoms with van der Waals surface area (Å²) in [6.45, 7) is 6.22. The number of nitrogens with zero attached hydrogens (tertiary/aromatic N) is 3. The van der Waals surface area contributed by atoms with Gasteiger partial charge in [-0.05, 0) is 39.7 Å². The molecule has 6 nitrogen and oxygen atoms in total. The van der Waals surface area contributed by atoms with Gasteiger partial charge in [-0.15, -0.1) is 0 Å². The molecule has 0 aliphatic carbocycles. The fourth-order valence-electron chi connectivity index (χ4n) is 3.22. The van der Waals surface area contributed by atoms with Crippen molar-refractivity contribution in [2.24, 2.45) is 0 Å². The van der Waals surface area contributed by atoms with Gasteiger partial charge in [0.25, 0.3) is 0 Å². The van der Waals surface area contributed by atoms with Crippen LogP contribution in [0.2, 0.25) is 0 Å². The Kier molecular flexibility index (Phi) is 4.81. The number of rotatable bonds is 3. The molecule has 1 N–H and O–H groups in total. The van der Waals surface area contributed by atoms with Crippen molar-refractivity contribution in [3.8, 4) is 5.69 Å². The second-order valence-electron chi connectivity index (χ2n) is 7.27. The number of carbonyl (C=O) groups is 1. The van der Waals surface area contributed by atoms with Gasteiger partial charge in [0, 0.05) is 24.5 Å². The molecule has 1 amide bonds. The van der Waals surface area contributed by atoms with Crippen LogP contribution in [0.25, 0.3) is 5.69 Å². The lowest BCUT2D eigenvalue weighted by Crippen LogP contribution is -2.37. The van der Waals surface area contributed by atoms with Gasteiger partial charge < -0.3 is 14.4 Å². The van der Waals surface area contributed by atoms with Gasteiger partial charge in [0.2, 0.25) is 0 Å². The monoisotopic (exact) mass is 343 g/mol. The van der Waals surface area contributed by atoms with E-state index in [1.807, 2.05) is 55.8 Å². The number of likely N-dealkylation sites (tertiary alicyclic amines) is 1. The van der Waals surface area contributed by atoms with E-state index in [1.165, 1.54) is 0 Å². The number of aliphatic hydroxyl groups is 1. The van der Waals surface area contributed by atoms with Gasteiger partial charge in [-0.25, -0.2) is 9.78 Å². The molecule has 1 aromatic carbocycles. The third-order valence-electron chi connectivity index (χ3n) is 4.27. The minimum absolute atomic E-state index is 0.0474. The van der Waals surface area contributed by atoms with E-state index in [4.69, 9.17) is 4.74 Å². The molecule has 3 rings (SSSR count). The molecule has 0 saturated carbocycles. The van der Waals surface area contributed by atoms with E-state index < -0.39 is 5.60 Å². The molecule has 0 bridgehead atoms. The lowest BCUT2D eigenvalue weighted by Gasteiger charge is -2.28. The first-order chi connectivity index (χ1) is 11.9. The molecule has 0 spiro atoms. The number of aromatic nitrogens is 2. The quantitative estimate of drug-likeness (QED) is 0.927. The van der Waals surface area contributed by atoms with Crippen LogP contribution >= 0.6 is 0 Å². The van der Waals surface area contributed by atoms with Crippen LogP contribution in [-0.4, -0.2) is 37.8 Å². The van der Waals surface area contributed by atoms with E-state index in [9.17, 15) is 9.90 Å². The maximum atomic E-state index is 12.6. The standard InChI is InChI=1S/C19H25N3O3/c1-19(2,3)25-18(24)22-11-6-9-16(22)17-20-10-12-21(17)15-8-5-4-7-14(15)13-23/h4-5,7-8,10,12,16,23H,6,9,11,13H2,1-3H3/t16-/m0/s1. The van der Waals surface area contributed by atoms with Crippen molar-refractivity contribution in [1.82, 2.24) is 14.5 Å². The number of hydrogen-bond acceptors (Lipinski definition) is 4. The van der Waals surface area contributed by atoms with Crippen molar-refractivity contribution < 1.29 is 14.6 Å². The maximum absolute atomic E-state index is 12.6. The highest BCUT2D eigenvalue weighted by Gasteiger charge is 2.35. The number of imidazole rings is 1. The Morgan fingerprint density at radius 1 is 1.36 bits per heavy atom. The molecule has 1 aliphatic heterocycles. The van der Waals surface area contributed by atoms with Gasteiger partial charge in [0.1, 0.15) is 11.4 Å². The number of hydrogen-bond donors (Lipinski definition) is 1. The van der Waals surface area contributed by atoms with Gasteiger partial charge in [0.15, 0.2) is 0 Å². The molecule has 0 radical (unpaired) electrons. The fourth-order valence-corrected chi connectivity index (χ4v) is 3.22. The lowest BCUT2D eigenvalue weighted by atomic mass is 10.1. The second kappa shape index (κ2) is 6.88. The highest BCUT2D eigenvalue weighted by molar-refractivity contribution is 5.69. The molecule has 2 heterocycles. The minimum Gasteiger partial charge on any atom is -0.444 e. The van der Waals surface area contributed by atoms with Crippen LogP contribution in [0, 0.1) is 0 Å². The molecule has 1 fully saturated rings. The Labute approximate surface area is 148 Å². The Morgan fingerprint density at radius 2 is 2.12 bits per heavy atom. The van der Waals surface area contributed by atoms with Crippen LogP contribution in [0.5, 0.6) is 0 Å². The zero-order valence-corrected chi connectivity index (χ0v) is 15.0. The van der Waals surface area contributed by atoms with Gasteiger partial charge in [-0.2, -0.15) is 0 Å². The Balaban J connectivity index is 1.92. The number of amides is 1. The van der Waals surface area contributed by atoms with Crippen LogP contribution in [0.15, 0.2) is 36.7 Å². The summed E-state index contributed by atoms with van der Waals surface area (Å²) in [5.74, 6) is 0.796.